The van der Waals surface area contributed by atoms with Gasteiger partial charge in [0.25, 0.3) is 0 Å². The summed E-state index contributed by atoms with van der Waals surface area (Å²) in [6.07, 6.45) is 25.8. The maximum atomic E-state index is 8.42. The van der Waals surface area contributed by atoms with Gasteiger partial charge in [-0.25, -0.2) is 0 Å². The van der Waals surface area contributed by atoms with Crippen molar-refractivity contribution in [2.24, 2.45) is 5.92 Å². The molecule has 1 heteroatoms. The molecule has 0 radical (unpaired) electrons. The van der Waals surface area contributed by atoms with E-state index >= 15 is 0 Å². The van der Waals surface area contributed by atoms with E-state index in [1.54, 1.807) is 0 Å². The van der Waals surface area contributed by atoms with E-state index in [4.69, 9.17) is 5.26 Å². The molecule has 1 atom stereocenters. The van der Waals surface area contributed by atoms with Crippen molar-refractivity contribution in [2.75, 3.05) is 0 Å². The average Bonchev–Trinajstić information content (AvgIpc) is 2.97. The van der Waals surface area contributed by atoms with Crippen molar-refractivity contribution in [1.29, 1.82) is 5.26 Å². The van der Waals surface area contributed by atoms with Gasteiger partial charge in [-0.2, -0.15) is 5.26 Å². The third-order valence-corrected chi connectivity index (χ3v) is 4.13. The average molecular weight is 273 g/mol. The van der Waals surface area contributed by atoms with Crippen molar-refractivity contribution in [3.63, 3.8) is 0 Å². The van der Waals surface area contributed by atoms with Crippen molar-refractivity contribution in [3.8, 4) is 6.07 Å². The number of allylic oxidation sites excluding steroid dienone is 4. The second kappa shape index (κ2) is 13.0. The molecule has 1 nitrogen and oxygen atoms in total. The first-order valence-electron chi connectivity index (χ1n) is 8.62. The molecular weight excluding hydrogens is 242 g/mol. The second-order valence-electron chi connectivity index (χ2n) is 5.99. The molecule has 0 aromatic heterocycles. The Morgan fingerprint density at radius 2 is 1.65 bits per heavy atom. The number of rotatable bonds is 12. The van der Waals surface area contributed by atoms with Crippen LogP contribution in [-0.4, -0.2) is 0 Å². The molecule has 0 saturated heterocycles. The standard InChI is InChI=1S/C19H31N/c20-18-14-10-8-6-4-2-1-3-5-7-9-11-15-19-16-12-13-17-19/h1-2,12,16,19H,3-11,13-15,17H2/b2-1+. The number of nitriles is 1. The van der Waals surface area contributed by atoms with E-state index in [0.29, 0.717) is 0 Å². The summed E-state index contributed by atoms with van der Waals surface area (Å²) in [6.45, 7) is 0. The van der Waals surface area contributed by atoms with Crippen molar-refractivity contribution in [1.82, 2.24) is 0 Å². The molecule has 112 valence electrons. The molecule has 0 saturated carbocycles. The van der Waals surface area contributed by atoms with Gasteiger partial charge >= 0.3 is 0 Å². The minimum Gasteiger partial charge on any atom is -0.198 e. The minimum absolute atomic E-state index is 0.723. The molecule has 0 aromatic rings. The summed E-state index contributed by atoms with van der Waals surface area (Å²) in [5, 5.41) is 8.42. The Balaban J connectivity index is 1.75. The van der Waals surface area contributed by atoms with E-state index in [-0.39, 0.29) is 0 Å². The Bertz CT molecular complexity index is 308. The summed E-state index contributed by atoms with van der Waals surface area (Å²) in [4.78, 5) is 0. The van der Waals surface area contributed by atoms with E-state index in [0.717, 1.165) is 18.8 Å². The van der Waals surface area contributed by atoms with Crippen LogP contribution in [0.2, 0.25) is 0 Å². The second-order valence-corrected chi connectivity index (χ2v) is 5.99. The Labute approximate surface area is 125 Å². The lowest BCUT2D eigenvalue weighted by atomic mass is 10.00. The van der Waals surface area contributed by atoms with Crippen LogP contribution in [-0.2, 0) is 0 Å². The van der Waals surface area contributed by atoms with Crippen LogP contribution in [0.25, 0.3) is 0 Å². The summed E-state index contributed by atoms with van der Waals surface area (Å²) in [7, 11) is 0. The Kier molecular flexibility index (Phi) is 11.0. The summed E-state index contributed by atoms with van der Waals surface area (Å²) in [5.41, 5.74) is 0. The Morgan fingerprint density at radius 3 is 2.30 bits per heavy atom. The Hall–Kier alpha value is -1.03. The molecule has 20 heavy (non-hydrogen) atoms. The quantitative estimate of drug-likeness (QED) is 0.301. The third kappa shape index (κ3) is 9.84. The SMILES string of the molecule is N#CCCCCC/C=C/CCCCCCC1C=CCC1. The highest BCUT2D eigenvalue weighted by Gasteiger charge is 2.07. The van der Waals surface area contributed by atoms with E-state index in [2.05, 4.69) is 30.4 Å². The van der Waals surface area contributed by atoms with Crippen molar-refractivity contribution < 1.29 is 0 Å². The zero-order chi connectivity index (χ0) is 14.3. The van der Waals surface area contributed by atoms with Crippen LogP contribution < -0.4 is 0 Å². The molecule has 0 bridgehead atoms. The largest absolute Gasteiger partial charge is 0.198 e. The fourth-order valence-corrected chi connectivity index (χ4v) is 2.84. The molecule has 0 aliphatic heterocycles. The monoisotopic (exact) mass is 273 g/mol. The number of hydrogen-bond acceptors (Lipinski definition) is 1. The van der Waals surface area contributed by atoms with Crippen LogP contribution in [0.5, 0.6) is 0 Å². The first-order valence-corrected chi connectivity index (χ1v) is 8.62. The fourth-order valence-electron chi connectivity index (χ4n) is 2.84. The molecule has 0 heterocycles. The van der Waals surface area contributed by atoms with Crippen LogP contribution in [0.15, 0.2) is 24.3 Å². The van der Waals surface area contributed by atoms with E-state index in [9.17, 15) is 0 Å². The summed E-state index contributed by atoms with van der Waals surface area (Å²) < 4.78 is 0. The summed E-state index contributed by atoms with van der Waals surface area (Å²) >= 11 is 0. The predicted molar refractivity (Wildman–Crippen MR) is 87.4 cm³/mol. The zero-order valence-corrected chi connectivity index (χ0v) is 13.0. The molecule has 0 fully saturated rings. The fraction of sp³-hybridized carbons (Fsp3) is 0.737. The molecule has 0 aromatic carbocycles. The molecule has 1 rings (SSSR count). The van der Waals surface area contributed by atoms with Crippen LogP contribution >= 0.6 is 0 Å². The van der Waals surface area contributed by atoms with Gasteiger partial charge in [-0.15, -0.1) is 0 Å². The first-order chi connectivity index (χ1) is 9.93. The van der Waals surface area contributed by atoms with Crippen LogP contribution in [0.1, 0.15) is 83.5 Å². The highest BCUT2D eigenvalue weighted by Crippen LogP contribution is 2.23. The molecule has 1 aliphatic rings. The van der Waals surface area contributed by atoms with Gasteiger partial charge in [-0.3, -0.25) is 0 Å². The van der Waals surface area contributed by atoms with E-state index in [1.807, 2.05) is 0 Å². The van der Waals surface area contributed by atoms with E-state index < -0.39 is 0 Å². The third-order valence-electron chi connectivity index (χ3n) is 4.13. The lowest BCUT2D eigenvalue weighted by Crippen LogP contribution is -1.91. The number of nitrogens with zero attached hydrogens (tertiary/aromatic N) is 1. The minimum atomic E-state index is 0.723. The van der Waals surface area contributed by atoms with Gasteiger partial charge in [0.15, 0.2) is 0 Å². The van der Waals surface area contributed by atoms with Gasteiger partial charge in [0.1, 0.15) is 0 Å². The summed E-state index contributed by atoms with van der Waals surface area (Å²) in [6, 6.07) is 2.20. The molecule has 0 N–H and O–H groups in total. The Morgan fingerprint density at radius 1 is 0.950 bits per heavy atom. The lowest BCUT2D eigenvalue weighted by Gasteiger charge is -2.06. The zero-order valence-electron chi connectivity index (χ0n) is 13.0. The van der Waals surface area contributed by atoms with Crippen LogP contribution in [0, 0.1) is 17.2 Å². The highest BCUT2D eigenvalue weighted by molar-refractivity contribution is 4.95. The highest BCUT2D eigenvalue weighted by atomic mass is 14.2. The van der Waals surface area contributed by atoms with Crippen LogP contribution in [0.4, 0.5) is 0 Å². The smallest absolute Gasteiger partial charge is 0.0621 e. The van der Waals surface area contributed by atoms with Gasteiger partial charge in [0.2, 0.25) is 0 Å². The maximum Gasteiger partial charge on any atom is 0.0621 e. The van der Waals surface area contributed by atoms with Crippen LogP contribution in [0.3, 0.4) is 0 Å². The lowest BCUT2D eigenvalue weighted by molar-refractivity contribution is 0.519. The van der Waals surface area contributed by atoms with Gasteiger partial charge in [0, 0.05) is 6.42 Å². The molecule has 1 unspecified atom stereocenters. The van der Waals surface area contributed by atoms with Gasteiger partial charge in [0.05, 0.1) is 6.07 Å². The van der Waals surface area contributed by atoms with Gasteiger partial charge < -0.3 is 0 Å². The molecule has 0 amide bonds. The van der Waals surface area contributed by atoms with E-state index in [1.165, 1.54) is 70.6 Å². The van der Waals surface area contributed by atoms with Crippen molar-refractivity contribution in [3.05, 3.63) is 24.3 Å². The van der Waals surface area contributed by atoms with Gasteiger partial charge in [-0.05, 0) is 57.3 Å². The summed E-state index contributed by atoms with van der Waals surface area (Å²) in [5.74, 6) is 0.899. The predicted octanol–water partition coefficient (Wildman–Crippen LogP) is 6.32. The number of hydrogen-bond donors (Lipinski definition) is 0. The normalized spacial score (nSPS) is 17.9. The molecular formula is C19H31N. The topological polar surface area (TPSA) is 23.8 Å². The van der Waals surface area contributed by atoms with Crippen molar-refractivity contribution in [2.45, 2.75) is 83.5 Å². The van der Waals surface area contributed by atoms with Gasteiger partial charge in [-0.1, -0.05) is 50.0 Å². The maximum absolute atomic E-state index is 8.42. The molecule has 1 aliphatic carbocycles. The first kappa shape index (κ1) is 17.0. The number of unbranched alkanes of at least 4 members (excludes halogenated alkanes) is 8. The molecule has 0 spiro atoms. The van der Waals surface area contributed by atoms with Crippen molar-refractivity contribution >= 4 is 0 Å².